The molecule has 4 aromatic rings. The fraction of sp³-hybridized carbons (Fsp3) is 0.242. The third kappa shape index (κ3) is 5.19. The first-order valence-electron chi connectivity index (χ1n) is 12.7. The monoisotopic (exact) mass is 526 g/mol. The maximum atomic E-state index is 15.9. The molecule has 0 aromatic heterocycles. The summed E-state index contributed by atoms with van der Waals surface area (Å²) in [6, 6.07) is 26.9. The van der Waals surface area contributed by atoms with Crippen LogP contribution in [-0.2, 0) is 4.57 Å². The highest BCUT2D eigenvalue weighted by Crippen LogP contribution is 2.60. The molecule has 0 N–H and O–H groups in total. The summed E-state index contributed by atoms with van der Waals surface area (Å²) in [6.07, 6.45) is 0.111. The van der Waals surface area contributed by atoms with Crippen LogP contribution in [-0.4, -0.2) is 20.0 Å². The molecule has 0 spiro atoms. The molecule has 0 heterocycles. The van der Waals surface area contributed by atoms with Crippen LogP contribution in [0, 0.1) is 27.7 Å². The number of aryl methyl sites for hydroxylation is 4. The van der Waals surface area contributed by atoms with Crippen molar-refractivity contribution >= 4 is 23.5 Å². The van der Waals surface area contributed by atoms with E-state index >= 15 is 4.57 Å². The molecule has 0 bridgehead atoms. The first-order chi connectivity index (χ1) is 18.2. The van der Waals surface area contributed by atoms with Crippen LogP contribution in [0.1, 0.15) is 50.3 Å². The van der Waals surface area contributed by atoms with Crippen molar-refractivity contribution in [3.63, 3.8) is 0 Å². The lowest BCUT2D eigenvalue weighted by Crippen LogP contribution is -2.25. The highest BCUT2D eigenvalue weighted by molar-refractivity contribution is 7.79. The molecule has 0 radical (unpaired) electrons. The molecular weight excluding hydrogens is 491 g/mol. The van der Waals surface area contributed by atoms with Crippen molar-refractivity contribution in [1.29, 1.82) is 0 Å². The summed E-state index contributed by atoms with van der Waals surface area (Å²) in [5, 5.41) is 1.43. The zero-order valence-electron chi connectivity index (χ0n) is 22.9. The minimum atomic E-state index is -3.43. The number of methoxy groups -OCH3 is 2. The number of hydrogen-bond acceptors (Lipinski definition) is 4. The third-order valence-corrected chi connectivity index (χ3v) is 10.6. The molecule has 0 fully saturated rings. The second kappa shape index (κ2) is 11.4. The molecule has 4 rings (SSSR count). The van der Waals surface area contributed by atoms with E-state index in [-0.39, 0.29) is 12.2 Å². The van der Waals surface area contributed by atoms with Gasteiger partial charge in [-0.15, -0.1) is 0 Å². The summed E-state index contributed by atoms with van der Waals surface area (Å²) in [7, 11) is -0.133. The summed E-state index contributed by atoms with van der Waals surface area (Å²) in [5.41, 5.74) is 4.56. The quantitative estimate of drug-likeness (QED) is 0.170. The van der Waals surface area contributed by atoms with Gasteiger partial charge in [0.25, 0.3) is 0 Å². The Hall–Kier alpha value is -3.62. The van der Waals surface area contributed by atoms with Gasteiger partial charge < -0.3 is 14.0 Å². The van der Waals surface area contributed by atoms with Crippen molar-refractivity contribution in [2.45, 2.75) is 39.8 Å². The zero-order valence-corrected chi connectivity index (χ0v) is 23.8. The van der Waals surface area contributed by atoms with E-state index < -0.39 is 12.8 Å². The van der Waals surface area contributed by atoms with Crippen molar-refractivity contribution in [2.75, 3.05) is 14.2 Å². The molecular formula is C33H35O4P. The third-order valence-electron chi connectivity index (χ3n) is 7.16. The van der Waals surface area contributed by atoms with Gasteiger partial charge in [-0.05, 0) is 79.8 Å². The van der Waals surface area contributed by atoms with Gasteiger partial charge in [-0.2, -0.15) is 0 Å². The zero-order chi connectivity index (χ0) is 27.4. The van der Waals surface area contributed by atoms with E-state index in [4.69, 9.17) is 9.47 Å². The fourth-order valence-corrected chi connectivity index (χ4v) is 9.01. The molecule has 0 aliphatic carbocycles. The Labute approximate surface area is 226 Å². The molecule has 0 unspecified atom stereocenters. The van der Waals surface area contributed by atoms with Gasteiger partial charge in [-0.25, -0.2) is 0 Å². The van der Waals surface area contributed by atoms with E-state index in [1.807, 2.05) is 113 Å². The van der Waals surface area contributed by atoms with Gasteiger partial charge >= 0.3 is 0 Å². The number of Topliss-reactive ketones (excluding diaryl/α,β-unsaturated/α-hetero) is 1. The molecule has 4 aromatic carbocycles. The molecule has 0 saturated heterocycles. The second-order valence-corrected chi connectivity index (χ2v) is 12.8. The highest BCUT2D eigenvalue weighted by atomic mass is 31.2. The summed E-state index contributed by atoms with van der Waals surface area (Å²) < 4.78 is 27.1. The van der Waals surface area contributed by atoms with Crippen LogP contribution in [0.2, 0.25) is 0 Å². The van der Waals surface area contributed by atoms with Crippen LogP contribution in [0.25, 0.3) is 0 Å². The van der Waals surface area contributed by atoms with Gasteiger partial charge in [0, 0.05) is 22.6 Å². The normalized spacial score (nSPS) is 12.2. The van der Waals surface area contributed by atoms with Crippen LogP contribution in [0.3, 0.4) is 0 Å². The van der Waals surface area contributed by atoms with Crippen LogP contribution in [0.4, 0.5) is 0 Å². The van der Waals surface area contributed by atoms with E-state index in [1.165, 1.54) is 0 Å². The number of rotatable bonds is 9. The molecule has 0 aliphatic rings. The largest absolute Gasteiger partial charge is 0.496 e. The lowest BCUT2D eigenvalue weighted by molar-refractivity contribution is 0.0981. The lowest BCUT2D eigenvalue weighted by Gasteiger charge is -2.31. The van der Waals surface area contributed by atoms with Crippen molar-refractivity contribution in [2.24, 2.45) is 0 Å². The Morgan fingerprint density at radius 2 is 1.08 bits per heavy atom. The predicted molar refractivity (Wildman–Crippen MR) is 156 cm³/mol. The van der Waals surface area contributed by atoms with E-state index in [1.54, 1.807) is 14.2 Å². The smallest absolute Gasteiger partial charge is 0.163 e. The Kier molecular flexibility index (Phi) is 8.23. The summed E-state index contributed by atoms with van der Waals surface area (Å²) in [5.74, 6) is 1.52. The number of hydrogen-bond donors (Lipinski definition) is 0. The minimum absolute atomic E-state index is 0.0383. The standard InChI is InChI=1S/C33H35O4P/c1-22-17-28(18-23(2)32(22)36-5)38(35,29-19-24(3)33(37-6)25(4)20-29)31(27-15-11-8-12-16-27)21-30(34)26-13-9-7-10-14-26/h7-20,31H,21H2,1-6H3/t31-/m1/s1. The summed E-state index contributed by atoms with van der Waals surface area (Å²) in [4.78, 5) is 13.6. The Morgan fingerprint density at radius 3 is 1.47 bits per heavy atom. The van der Waals surface area contributed by atoms with Crippen LogP contribution >= 0.6 is 7.14 Å². The molecule has 196 valence electrons. The Morgan fingerprint density at radius 1 is 0.684 bits per heavy atom. The molecule has 0 saturated carbocycles. The summed E-state index contributed by atoms with van der Waals surface area (Å²) >= 11 is 0. The van der Waals surface area contributed by atoms with E-state index in [9.17, 15) is 4.79 Å². The van der Waals surface area contributed by atoms with Crippen LogP contribution < -0.4 is 20.1 Å². The average Bonchev–Trinajstić information content (AvgIpc) is 2.91. The number of carbonyl (C=O) groups is 1. The first kappa shape index (κ1) is 27.4. The van der Waals surface area contributed by atoms with Gasteiger partial charge in [0.05, 0.1) is 19.9 Å². The molecule has 38 heavy (non-hydrogen) atoms. The van der Waals surface area contributed by atoms with Crippen LogP contribution in [0.15, 0.2) is 84.9 Å². The average molecular weight is 527 g/mol. The maximum absolute atomic E-state index is 15.9. The molecule has 0 aliphatic heterocycles. The molecule has 1 atom stereocenters. The fourth-order valence-electron chi connectivity index (χ4n) is 5.44. The van der Waals surface area contributed by atoms with Crippen molar-refractivity contribution in [3.8, 4) is 11.5 Å². The van der Waals surface area contributed by atoms with Gasteiger partial charge in [-0.1, -0.05) is 60.7 Å². The number of ether oxygens (including phenoxy) is 2. The highest BCUT2D eigenvalue weighted by Gasteiger charge is 2.40. The molecule has 5 heteroatoms. The SMILES string of the molecule is COc1c(C)cc(P(=O)(c2cc(C)c(OC)c(C)c2)[C@H](CC(=O)c2ccccc2)c2ccccc2)cc1C. The van der Waals surface area contributed by atoms with Gasteiger partial charge in [0.1, 0.15) is 11.5 Å². The maximum Gasteiger partial charge on any atom is 0.163 e. The van der Waals surface area contributed by atoms with Gasteiger partial charge in [0.15, 0.2) is 12.9 Å². The number of ketones is 1. The van der Waals surface area contributed by atoms with Crippen molar-refractivity contribution in [3.05, 3.63) is 118 Å². The van der Waals surface area contributed by atoms with Crippen molar-refractivity contribution < 1.29 is 18.8 Å². The van der Waals surface area contributed by atoms with Crippen molar-refractivity contribution in [1.82, 2.24) is 0 Å². The van der Waals surface area contributed by atoms with E-state index in [0.717, 1.165) is 39.3 Å². The predicted octanol–water partition coefficient (Wildman–Crippen LogP) is 7.27. The Bertz CT molecular complexity index is 1380. The lowest BCUT2D eigenvalue weighted by atomic mass is 10.0. The molecule has 4 nitrogen and oxygen atoms in total. The minimum Gasteiger partial charge on any atom is -0.496 e. The first-order valence-corrected chi connectivity index (χ1v) is 14.5. The van der Waals surface area contributed by atoms with Crippen LogP contribution in [0.5, 0.6) is 11.5 Å². The topological polar surface area (TPSA) is 52.6 Å². The second-order valence-electron chi connectivity index (χ2n) is 9.80. The Balaban J connectivity index is 2.02. The number of benzene rings is 4. The van der Waals surface area contributed by atoms with E-state index in [2.05, 4.69) is 0 Å². The van der Waals surface area contributed by atoms with Gasteiger partial charge in [-0.3, -0.25) is 4.79 Å². The molecule has 0 amide bonds. The van der Waals surface area contributed by atoms with E-state index in [0.29, 0.717) is 16.2 Å². The van der Waals surface area contributed by atoms with Gasteiger partial charge in [0.2, 0.25) is 0 Å². The summed E-state index contributed by atoms with van der Waals surface area (Å²) in [6.45, 7) is 7.88. The number of carbonyl (C=O) groups excluding carboxylic acids is 1.